The average Bonchev–Trinajstić information content (AvgIpc) is 3.27. The molecule has 2 heterocycles. The predicted octanol–water partition coefficient (Wildman–Crippen LogP) is 10.1. The van der Waals surface area contributed by atoms with E-state index in [9.17, 15) is 0 Å². The van der Waals surface area contributed by atoms with E-state index in [-0.39, 0.29) is 97.2 Å². The Morgan fingerprint density at radius 1 is 0.842 bits per heavy atom. The summed E-state index contributed by atoms with van der Waals surface area (Å²) in [5.74, 6) is 1.76. The van der Waals surface area contributed by atoms with Crippen LogP contribution in [0, 0.1) is 77.1 Å². The van der Waals surface area contributed by atoms with E-state index in [1.807, 2.05) is 36.0 Å². The number of para-hydroxylation sites is 1. The van der Waals surface area contributed by atoms with Gasteiger partial charge in [0.15, 0.2) is 0 Å². The minimum atomic E-state index is 0. The normalized spacial score (nSPS) is 9.29. The van der Waals surface area contributed by atoms with Crippen LogP contribution in [0.3, 0.4) is 0 Å². The fourth-order valence-electron chi connectivity index (χ4n) is 3.68. The van der Waals surface area contributed by atoms with Gasteiger partial charge in [-0.2, -0.15) is 36.0 Å². The Bertz CT molecular complexity index is 1360. The molecule has 2 aromatic heterocycles. The van der Waals surface area contributed by atoms with E-state index in [2.05, 4.69) is 90.5 Å². The molecule has 0 amide bonds. The Morgan fingerprint density at radius 3 is 2.32 bits per heavy atom. The first-order valence-corrected chi connectivity index (χ1v) is 11.8. The smallest absolute Gasteiger partial charge is 0.460 e. The van der Waals surface area contributed by atoms with E-state index in [0.717, 1.165) is 39.5 Å². The molecule has 1 radical (unpaired) electrons. The van der Waals surface area contributed by atoms with Crippen molar-refractivity contribution >= 4 is 34.3 Å². The third-order valence-electron chi connectivity index (χ3n) is 5.24. The number of hydrogen-bond acceptors (Lipinski definition) is 2. The van der Waals surface area contributed by atoms with Crippen LogP contribution < -0.4 is 0 Å². The number of pyridine rings is 1. The van der Waals surface area contributed by atoms with E-state index < -0.39 is 0 Å². The van der Waals surface area contributed by atoms with Crippen molar-refractivity contribution in [3.63, 3.8) is 0 Å². The van der Waals surface area contributed by atoms with E-state index >= 15 is 0 Å². The van der Waals surface area contributed by atoms with Crippen molar-refractivity contribution in [3.05, 3.63) is 138 Å². The molecule has 0 aliphatic carbocycles. The summed E-state index contributed by atoms with van der Waals surface area (Å²) in [6.07, 6.45) is 3.20. The summed E-state index contributed by atoms with van der Waals surface area (Å²) in [4.78, 5) is 6.04. The fraction of sp³-hybridized carbons (Fsp3) is 0.0938. The molecule has 3 nitrogen and oxygen atoms in total. The first-order valence-electron chi connectivity index (χ1n) is 10.8. The van der Waals surface area contributed by atoms with Crippen molar-refractivity contribution in [1.29, 1.82) is 0 Å². The van der Waals surface area contributed by atoms with Gasteiger partial charge in [0.05, 0.1) is 0 Å². The van der Waals surface area contributed by atoms with Gasteiger partial charge in [0, 0.05) is 58.8 Å². The number of fused-ring (bicyclic) bond motifs is 1. The monoisotopic (exact) mass is 724 g/mol. The van der Waals surface area contributed by atoms with Crippen LogP contribution in [-0.2, 0) is 26.2 Å². The second-order valence-corrected chi connectivity index (χ2v) is 8.66. The molecule has 0 aliphatic heterocycles. The van der Waals surface area contributed by atoms with Crippen molar-refractivity contribution in [2.24, 2.45) is 0 Å². The maximum atomic E-state index is 4.90. The first-order chi connectivity index (χ1) is 15.8. The zero-order valence-corrected chi connectivity index (χ0v) is 30.0. The van der Waals surface area contributed by atoms with Gasteiger partial charge in [-0.15, -0.1) is 5.69 Å². The van der Waals surface area contributed by atoms with Gasteiger partial charge in [-0.1, -0.05) is 72.2 Å². The van der Waals surface area contributed by atoms with Gasteiger partial charge in [-0.3, -0.25) is 0 Å². The van der Waals surface area contributed by atoms with Gasteiger partial charge >= 0.3 is 26.2 Å². The molecule has 38 heavy (non-hydrogen) atoms. The van der Waals surface area contributed by atoms with Gasteiger partial charge in [-0.05, 0) is 46.9 Å². The number of hydrogen-bond donors (Lipinski definition) is 0. The van der Waals surface area contributed by atoms with Crippen molar-refractivity contribution in [2.45, 2.75) is 18.2 Å². The number of thioether (sulfide) groups is 1. The molecule has 0 fully saturated rings. The van der Waals surface area contributed by atoms with Crippen molar-refractivity contribution < 1.29 is 67.5 Å². The molecule has 6 heteroatoms. The summed E-state index contributed by atoms with van der Waals surface area (Å²) in [6, 6.07) is 34.4. The van der Waals surface area contributed by atoms with E-state index in [0.29, 0.717) is 5.82 Å². The second-order valence-electron chi connectivity index (χ2n) is 7.53. The summed E-state index contributed by atoms with van der Waals surface area (Å²) in [5.41, 5.74) is 5.21. The molecule has 193 valence electrons. The molecule has 0 spiro atoms. The molecular formula is C32H35N3PrSZr-2. The van der Waals surface area contributed by atoms with Gasteiger partial charge < -0.3 is 44.6 Å². The molecular weight excluding hydrogens is 691 g/mol. The topological polar surface area (TPSA) is 31.9 Å². The summed E-state index contributed by atoms with van der Waals surface area (Å²) >= 11 is 1.81. The molecule has 0 N–H and O–H groups in total. The molecule has 0 bridgehead atoms. The van der Waals surface area contributed by atoms with E-state index in [1.54, 1.807) is 0 Å². The molecule has 0 saturated heterocycles. The Hall–Kier alpha value is -1.25. The largest absolute Gasteiger partial charge is 4.00 e. The fourth-order valence-corrected chi connectivity index (χ4v) is 4.52. The Kier molecular flexibility index (Phi) is 19.4. The maximum absolute atomic E-state index is 4.90. The van der Waals surface area contributed by atoms with Crippen LogP contribution in [0.5, 0.6) is 0 Å². The Morgan fingerprint density at radius 2 is 1.58 bits per heavy atom. The van der Waals surface area contributed by atoms with Crippen LogP contribution in [0.1, 0.15) is 13.3 Å². The summed E-state index contributed by atoms with van der Waals surface area (Å²) in [5, 5.41) is 5.91. The van der Waals surface area contributed by atoms with E-state index in [4.69, 9.17) is 10.3 Å². The molecule has 3 aromatic carbocycles. The van der Waals surface area contributed by atoms with Crippen LogP contribution in [0.25, 0.3) is 33.2 Å². The predicted molar refractivity (Wildman–Crippen MR) is 161 cm³/mol. The number of nitrogens with zero attached hydrogens (tertiary/aromatic N) is 3. The van der Waals surface area contributed by atoms with Crippen molar-refractivity contribution in [1.82, 2.24) is 9.55 Å². The standard InChI is InChI=1S/C28H23N3S.4CH3.Pr.Zr/c1-2-19-32-26-14-7-6-13-25(26)29-27-16-15-22-17-18-31(28(22)30-27)24-12-8-11-23(20-24)21-9-4-3-5-10-21;;;;;;/h3-12,14-18,20H,2,19H2,1H3;4*1H3;;/q-2;4*-1;;+4. The van der Waals surface area contributed by atoms with E-state index in [1.165, 1.54) is 11.1 Å². The zero-order valence-electron chi connectivity index (χ0n) is 23.0. The molecule has 0 atom stereocenters. The Balaban J connectivity index is 0. The van der Waals surface area contributed by atoms with Crippen molar-refractivity contribution in [2.75, 3.05) is 5.75 Å². The molecule has 0 saturated carbocycles. The summed E-state index contributed by atoms with van der Waals surface area (Å²) in [6.45, 7) is 2.19. The third kappa shape index (κ3) is 9.15. The second kappa shape index (κ2) is 18.9. The number of benzene rings is 3. The Labute approximate surface area is 287 Å². The zero-order chi connectivity index (χ0) is 21.8. The SMILES string of the molecule is CCCSc1ccc[c-]c1[N-]c1ccc2ccn(-c3cccc(-c4ccccc4)c3)c2n1.[CH3-].[CH3-].[CH3-].[CH3-].[Pr].[Zr+4]. The minimum absolute atomic E-state index is 0. The quantitative estimate of drug-likeness (QED) is 0.124. The van der Waals surface area contributed by atoms with Crippen LogP contribution in [0.4, 0.5) is 11.5 Å². The minimum Gasteiger partial charge on any atom is -0.460 e. The number of rotatable bonds is 7. The van der Waals surface area contributed by atoms with Crippen LogP contribution in [0.2, 0.25) is 0 Å². The summed E-state index contributed by atoms with van der Waals surface area (Å²) in [7, 11) is 0. The van der Waals surface area contributed by atoms with Crippen molar-refractivity contribution in [3.8, 4) is 16.8 Å². The van der Waals surface area contributed by atoms with Gasteiger partial charge in [0.2, 0.25) is 0 Å². The molecule has 0 unspecified atom stereocenters. The van der Waals surface area contributed by atoms with Crippen LogP contribution in [0.15, 0.2) is 102 Å². The molecule has 5 aromatic rings. The number of aromatic nitrogens is 2. The van der Waals surface area contributed by atoms with Gasteiger partial charge in [0.25, 0.3) is 0 Å². The average molecular weight is 726 g/mol. The van der Waals surface area contributed by atoms with Gasteiger partial charge in [0.1, 0.15) is 0 Å². The molecule has 5 rings (SSSR count). The summed E-state index contributed by atoms with van der Waals surface area (Å²) < 4.78 is 2.13. The molecule has 0 aliphatic rings. The maximum Gasteiger partial charge on any atom is 4.00 e. The van der Waals surface area contributed by atoms with Crippen LogP contribution >= 0.6 is 11.8 Å². The van der Waals surface area contributed by atoms with Gasteiger partial charge in [-0.25, -0.2) is 0 Å². The van der Waals surface area contributed by atoms with Crippen LogP contribution in [-0.4, -0.2) is 15.3 Å². The first kappa shape index (κ1) is 38.9. The third-order valence-corrected chi connectivity index (χ3v) is 6.49.